The van der Waals surface area contributed by atoms with Crippen molar-refractivity contribution < 1.29 is 17.2 Å². The van der Waals surface area contributed by atoms with Crippen molar-refractivity contribution in [1.82, 2.24) is 4.98 Å². The Morgan fingerprint density at radius 1 is 1.30 bits per heavy atom. The van der Waals surface area contributed by atoms with Crippen LogP contribution in [-0.2, 0) is 13.4 Å². The Morgan fingerprint density at radius 2 is 2.07 bits per heavy atom. The van der Waals surface area contributed by atoms with Crippen molar-refractivity contribution in [3.63, 3.8) is 0 Å². The minimum absolute atomic E-state index is 0.149. The van der Waals surface area contributed by atoms with Gasteiger partial charge in [-0.3, -0.25) is 0 Å². The van der Waals surface area contributed by atoms with Crippen LogP contribution in [0, 0.1) is 37.4 Å². The molecule has 4 rings (SSSR count). The van der Waals surface area contributed by atoms with E-state index in [1.165, 1.54) is 6.20 Å². The first-order valence-electron chi connectivity index (χ1n) is 12.8. The van der Waals surface area contributed by atoms with Crippen molar-refractivity contribution in [2.75, 3.05) is 0 Å². The molecule has 0 amide bonds. The lowest BCUT2D eigenvalue weighted by Crippen LogP contribution is -2.36. The molecule has 0 radical (unpaired) electrons. The summed E-state index contributed by atoms with van der Waals surface area (Å²) in [6.45, 7) is 5.94. The summed E-state index contributed by atoms with van der Waals surface area (Å²) in [5, 5.41) is 10.8. The van der Waals surface area contributed by atoms with Crippen molar-refractivity contribution in [3.8, 4) is 17.3 Å². The van der Waals surface area contributed by atoms with E-state index >= 15 is 0 Å². The van der Waals surface area contributed by atoms with Crippen LogP contribution in [0.15, 0.2) is 34.9 Å². The number of rotatable bonds is 2. The van der Waals surface area contributed by atoms with Crippen LogP contribution in [0.3, 0.4) is 0 Å². The summed E-state index contributed by atoms with van der Waals surface area (Å²) in [7, 11) is 1.67. The summed E-state index contributed by atoms with van der Waals surface area (Å²) < 4.78 is 59.6. The lowest BCUT2D eigenvalue weighted by atomic mass is 9.85. The third kappa shape index (κ3) is 3.15. The van der Waals surface area contributed by atoms with E-state index < -0.39 is 18.6 Å². The minimum Gasteiger partial charge on any atom is -0.437 e. The van der Waals surface area contributed by atoms with Crippen LogP contribution >= 0.6 is 0 Å². The summed E-state index contributed by atoms with van der Waals surface area (Å²) >= 11 is 0. The maximum absolute atomic E-state index is 9.64. The highest BCUT2D eigenvalue weighted by Crippen LogP contribution is 2.38. The molecule has 3 heterocycles. The van der Waals surface area contributed by atoms with E-state index in [0.29, 0.717) is 38.9 Å². The van der Waals surface area contributed by atoms with Crippen molar-refractivity contribution in [2.24, 2.45) is 12.5 Å². The second-order valence-electron chi connectivity index (χ2n) is 8.63. The first-order chi connectivity index (χ1) is 16.5. The number of pyridine rings is 2. The number of hydrogen-bond acceptors (Lipinski definition) is 3. The SMILES string of the molecule is [2H]c1c(C([2H])([2H])C(C)(C)C)c(C([2H])([2H])[2H])c(C)[n+](C)c1-c1c(C)ccc2c1oc1nccc(C#N)c12. The molecule has 0 saturated carbocycles. The molecule has 0 aliphatic carbocycles. The second-order valence-corrected chi connectivity index (χ2v) is 8.63. The molecule has 0 aliphatic heterocycles. The maximum atomic E-state index is 9.64. The molecule has 0 N–H and O–H groups in total. The minimum atomic E-state index is -2.63. The van der Waals surface area contributed by atoms with Crippen LogP contribution in [0.25, 0.3) is 33.3 Å². The number of nitriles is 1. The molecule has 0 spiro atoms. The third-order valence-electron chi connectivity index (χ3n) is 5.30. The normalized spacial score (nSPS) is 15.8. The Hall–Kier alpha value is -3.19. The van der Waals surface area contributed by atoms with Crippen LogP contribution in [0.4, 0.5) is 0 Å². The van der Waals surface area contributed by atoms with E-state index in [9.17, 15) is 6.63 Å². The summed E-state index contributed by atoms with van der Waals surface area (Å²) in [4.78, 5) is 4.28. The van der Waals surface area contributed by atoms with Gasteiger partial charge in [0.05, 0.1) is 17.9 Å². The average molecular weight is 405 g/mol. The van der Waals surface area contributed by atoms with E-state index in [4.69, 9.17) is 11.3 Å². The monoisotopic (exact) mass is 404 g/mol. The molecule has 0 fully saturated rings. The molecule has 0 atom stereocenters. The number of aromatic nitrogens is 2. The van der Waals surface area contributed by atoms with Gasteiger partial charge in [0.1, 0.15) is 13.1 Å². The fraction of sp³-hybridized carbons (Fsp3) is 0.346. The van der Waals surface area contributed by atoms with Crippen molar-refractivity contribution in [1.29, 1.82) is 5.26 Å². The van der Waals surface area contributed by atoms with Gasteiger partial charge in [-0.25, -0.2) is 4.98 Å². The largest absolute Gasteiger partial charge is 0.437 e. The summed E-state index contributed by atoms with van der Waals surface area (Å²) in [5.41, 5.74) is 1.78. The van der Waals surface area contributed by atoms with Crippen LogP contribution in [0.1, 0.15) is 56.9 Å². The zero-order chi connectivity index (χ0) is 27.0. The summed E-state index contributed by atoms with van der Waals surface area (Å²) in [6.07, 6.45) is -0.635. The molecule has 0 unspecified atom stereocenters. The molecular formula is C26H28N3O+. The van der Waals surface area contributed by atoms with E-state index in [1.807, 2.05) is 19.1 Å². The highest BCUT2D eigenvalue weighted by molar-refractivity contribution is 6.10. The van der Waals surface area contributed by atoms with Crippen LogP contribution in [0.2, 0.25) is 0 Å². The molecule has 30 heavy (non-hydrogen) atoms. The van der Waals surface area contributed by atoms with E-state index in [0.717, 1.165) is 5.56 Å². The van der Waals surface area contributed by atoms with Gasteiger partial charge in [-0.2, -0.15) is 9.83 Å². The van der Waals surface area contributed by atoms with Crippen molar-refractivity contribution in [3.05, 3.63) is 58.4 Å². The predicted octanol–water partition coefficient (Wildman–Crippen LogP) is 5.86. The molecular weight excluding hydrogens is 370 g/mol. The Morgan fingerprint density at radius 3 is 2.73 bits per heavy atom. The molecule has 0 bridgehead atoms. The number of nitrogens with zero attached hydrogens (tertiary/aromatic N) is 3. The number of benzene rings is 1. The van der Waals surface area contributed by atoms with Gasteiger partial charge in [0, 0.05) is 37.0 Å². The van der Waals surface area contributed by atoms with Gasteiger partial charge >= 0.3 is 0 Å². The molecule has 152 valence electrons. The topological polar surface area (TPSA) is 53.7 Å². The predicted molar refractivity (Wildman–Crippen MR) is 120 cm³/mol. The zero-order valence-corrected chi connectivity index (χ0v) is 18.1. The van der Waals surface area contributed by atoms with E-state index in [2.05, 4.69) is 11.1 Å². The summed E-state index contributed by atoms with van der Waals surface area (Å²) in [6, 6.07) is 7.26. The molecule has 4 nitrogen and oxygen atoms in total. The number of fused-ring (bicyclic) bond motifs is 3. The van der Waals surface area contributed by atoms with Crippen molar-refractivity contribution >= 4 is 22.1 Å². The van der Waals surface area contributed by atoms with Gasteiger partial charge < -0.3 is 4.42 Å². The van der Waals surface area contributed by atoms with E-state index in [1.54, 1.807) is 45.4 Å². The summed E-state index contributed by atoms with van der Waals surface area (Å²) in [5.74, 6) is 0. The standard InChI is InChI=1S/C26H28N3O/c1-15-8-9-20-23-18(14-27)10-11-28-25(23)30-24(20)22(15)21-12-19(13-26(4,5)6)16(2)17(3)29(21)7/h8-12H,13H2,1-7H3/q+1/i2D3,12D,13D2. The highest BCUT2D eigenvalue weighted by atomic mass is 16.3. The first-order valence-corrected chi connectivity index (χ1v) is 9.79. The zero-order valence-electron chi connectivity index (χ0n) is 24.1. The van der Waals surface area contributed by atoms with Crippen molar-refractivity contribution in [2.45, 2.75) is 47.8 Å². The smallest absolute Gasteiger partial charge is 0.228 e. The van der Waals surface area contributed by atoms with E-state index in [-0.39, 0.29) is 22.9 Å². The van der Waals surface area contributed by atoms with Gasteiger partial charge in [-0.05, 0) is 42.8 Å². The molecule has 4 heteroatoms. The molecule has 4 aromatic rings. The number of aryl methyl sites for hydroxylation is 1. The van der Waals surface area contributed by atoms with Crippen LogP contribution in [-0.4, -0.2) is 4.98 Å². The second kappa shape index (κ2) is 6.95. The lowest BCUT2D eigenvalue weighted by molar-refractivity contribution is -0.667. The quantitative estimate of drug-likeness (QED) is 0.393. The van der Waals surface area contributed by atoms with Gasteiger partial charge in [-0.1, -0.05) is 32.9 Å². The first kappa shape index (κ1) is 13.9. The van der Waals surface area contributed by atoms with Crippen LogP contribution in [0.5, 0.6) is 0 Å². The molecule has 0 aliphatic rings. The average Bonchev–Trinajstić information content (AvgIpc) is 3.14. The van der Waals surface area contributed by atoms with Gasteiger partial charge in [0.2, 0.25) is 11.4 Å². The highest BCUT2D eigenvalue weighted by Gasteiger charge is 2.26. The Balaban J connectivity index is 2.25. The van der Waals surface area contributed by atoms with Gasteiger partial charge in [0.15, 0.2) is 11.3 Å². The Labute approximate surface area is 186 Å². The lowest BCUT2D eigenvalue weighted by Gasteiger charge is -2.20. The Bertz CT molecular complexity index is 1590. The van der Waals surface area contributed by atoms with Crippen LogP contribution < -0.4 is 4.57 Å². The fourth-order valence-electron chi connectivity index (χ4n) is 3.73. The molecule has 3 aromatic heterocycles. The Kier molecular flexibility index (Phi) is 3.23. The third-order valence-corrected chi connectivity index (χ3v) is 5.30. The van der Waals surface area contributed by atoms with Gasteiger partial charge in [0.25, 0.3) is 0 Å². The number of hydrogen-bond donors (Lipinski definition) is 0. The molecule has 1 aromatic carbocycles. The number of furan rings is 1. The maximum Gasteiger partial charge on any atom is 0.228 e. The van der Waals surface area contributed by atoms with Gasteiger partial charge in [-0.15, -0.1) is 0 Å². The fourth-order valence-corrected chi connectivity index (χ4v) is 3.73. The molecule has 0 saturated heterocycles.